The molecule has 2 rings (SSSR count). The lowest BCUT2D eigenvalue weighted by atomic mass is 9.97. The minimum absolute atomic E-state index is 0.151. The minimum Gasteiger partial charge on any atom is -0.423 e. The van der Waals surface area contributed by atoms with Crippen LogP contribution in [0.25, 0.3) is 0 Å². The quantitative estimate of drug-likeness (QED) is 0.832. The Morgan fingerprint density at radius 3 is 2.41 bits per heavy atom. The molecule has 0 aliphatic heterocycles. The van der Waals surface area contributed by atoms with Crippen LogP contribution >= 0.6 is 0 Å². The zero-order valence-electron chi connectivity index (χ0n) is 10.4. The Labute approximate surface area is 99.0 Å². The first-order valence-corrected chi connectivity index (χ1v) is 5.36. The standard InChI is InChI=1S/C10H16N6O/c1-6-8(11)13-15-16(6)5-7-12-14-9(17-7)10(2,3)4/h5,11H2,1-4H3. The third kappa shape index (κ3) is 2.27. The first kappa shape index (κ1) is 11.6. The van der Waals surface area contributed by atoms with E-state index in [2.05, 4.69) is 20.5 Å². The Morgan fingerprint density at radius 2 is 1.94 bits per heavy atom. The van der Waals surface area contributed by atoms with Gasteiger partial charge in [0.05, 0.1) is 5.69 Å². The van der Waals surface area contributed by atoms with Crippen LogP contribution in [0, 0.1) is 6.92 Å². The molecular weight excluding hydrogens is 220 g/mol. The van der Waals surface area contributed by atoms with Crippen LogP contribution in [0.2, 0.25) is 0 Å². The molecule has 0 aliphatic rings. The van der Waals surface area contributed by atoms with Crippen molar-refractivity contribution in [3.05, 3.63) is 17.5 Å². The molecule has 0 unspecified atom stereocenters. The van der Waals surface area contributed by atoms with Gasteiger partial charge in [-0.25, -0.2) is 4.68 Å². The van der Waals surface area contributed by atoms with Crippen LogP contribution in [0.1, 0.15) is 38.2 Å². The zero-order chi connectivity index (χ0) is 12.6. The molecule has 7 heteroatoms. The molecule has 7 nitrogen and oxygen atoms in total. The molecule has 17 heavy (non-hydrogen) atoms. The van der Waals surface area contributed by atoms with E-state index in [1.165, 1.54) is 0 Å². The summed E-state index contributed by atoms with van der Waals surface area (Å²) in [6.45, 7) is 8.28. The van der Waals surface area contributed by atoms with Crippen LogP contribution < -0.4 is 5.73 Å². The summed E-state index contributed by atoms with van der Waals surface area (Å²) < 4.78 is 7.20. The van der Waals surface area contributed by atoms with E-state index in [4.69, 9.17) is 10.2 Å². The van der Waals surface area contributed by atoms with Crippen LogP contribution in [0.15, 0.2) is 4.42 Å². The third-order valence-electron chi connectivity index (χ3n) is 2.41. The molecule has 0 spiro atoms. The van der Waals surface area contributed by atoms with Gasteiger partial charge < -0.3 is 10.2 Å². The Morgan fingerprint density at radius 1 is 1.24 bits per heavy atom. The van der Waals surface area contributed by atoms with Gasteiger partial charge in [-0.3, -0.25) is 0 Å². The first-order chi connectivity index (χ1) is 7.88. The van der Waals surface area contributed by atoms with Crippen molar-refractivity contribution < 1.29 is 4.42 Å². The van der Waals surface area contributed by atoms with Gasteiger partial charge in [0.15, 0.2) is 5.82 Å². The van der Waals surface area contributed by atoms with Gasteiger partial charge in [0.2, 0.25) is 11.8 Å². The van der Waals surface area contributed by atoms with Crippen molar-refractivity contribution in [1.82, 2.24) is 25.2 Å². The van der Waals surface area contributed by atoms with E-state index in [0.717, 1.165) is 5.69 Å². The predicted octanol–water partition coefficient (Wildman–Crippen LogP) is 0.898. The number of nitrogens with two attached hydrogens (primary N) is 1. The second-order valence-corrected chi connectivity index (χ2v) is 4.97. The number of nitrogens with zero attached hydrogens (tertiary/aromatic N) is 5. The summed E-state index contributed by atoms with van der Waals surface area (Å²) in [5.41, 5.74) is 6.25. The van der Waals surface area contributed by atoms with Gasteiger partial charge in [0, 0.05) is 5.41 Å². The van der Waals surface area contributed by atoms with E-state index < -0.39 is 0 Å². The Balaban J connectivity index is 2.20. The van der Waals surface area contributed by atoms with Crippen molar-refractivity contribution in [2.45, 2.75) is 39.7 Å². The average molecular weight is 236 g/mol. The van der Waals surface area contributed by atoms with Crippen molar-refractivity contribution >= 4 is 5.82 Å². The maximum atomic E-state index is 5.61. The Kier molecular flexibility index (Phi) is 2.60. The summed E-state index contributed by atoms with van der Waals surface area (Å²) in [6.07, 6.45) is 0. The second kappa shape index (κ2) is 3.83. The minimum atomic E-state index is -0.151. The highest BCUT2D eigenvalue weighted by atomic mass is 16.4. The number of nitrogen functional groups attached to an aromatic ring is 1. The summed E-state index contributed by atoms with van der Waals surface area (Å²) in [7, 11) is 0. The van der Waals surface area contributed by atoms with E-state index in [0.29, 0.717) is 24.1 Å². The van der Waals surface area contributed by atoms with Gasteiger partial charge in [-0.15, -0.1) is 15.3 Å². The summed E-state index contributed by atoms with van der Waals surface area (Å²) >= 11 is 0. The maximum absolute atomic E-state index is 5.61. The Bertz CT molecular complexity index is 521. The van der Waals surface area contributed by atoms with Crippen LogP contribution in [-0.4, -0.2) is 25.2 Å². The van der Waals surface area contributed by atoms with Gasteiger partial charge in [-0.2, -0.15) is 0 Å². The number of rotatable bonds is 2. The largest absolute Gasteiger partial charge is 0.423 e. The fourth-order valence-electron chi connectivity index (χ4n) is 1.27. The molecular formula is C10H16N6O. The highest BCUT2D eigenvalue weighted by Gasteiger charge is 2.21. The van der Waals surface area contributed by atoms with Crippen molar-refractivity contribution in [2.24, 2.45) is 0 Å². The van der Waals surface area contributed by atoms with E-state index in [1.807, 2.05) is 27.7 Å². The predicted molar refractivity (Wildman–Crippen MR) is 61.3 cm³/mol. The van der Waals surface area contributed by atoms with Crippen LogP contribution in [0.4, 0.5) is 5.82 Å². The van der Waals surface area contributed by atoms with Crippen molar-refractivity contribution in [3.63, 3.8) is 0 Å². The van der Waals surface area contributed by atoms with Crippen LogP contribution in [0.3, 0.4) is 0 Å². The lowest BCUT2D eigenvalue weighted by molar-refractivity contribution is 0.362. The lowest BCUT2D eigenvalue weighted by Gasteiger charge is -2.10. The van der Waals surface area contributed by atoms with Crippen LogP contribution in [-0.2, 0) is 12.0 Å². The molecule has 2 aromatic rings. The highest BCUT2D eigenvalue weighted by molar-refractivity contribution is 5.31. The Hall–Kier alpha value is -1.92. The summed E-state index contributed by atoms with van der Waals surface area (Å²) in [6, 6.07) is 0. The molecule has 0 aliphatic carbocycles. The molecule has 0 amide bonds. The lowest BCUT2D eigenvalue weighted by Crippen LogP contribution is -2.11. The molecule has 0 aromatic carbocycles. The first-order valence-electron chi connectivity index (χ1n) is 5.36. The summed E-state index contributed by atoms with van der Waals surface area (Å²) in [4.78, 5) is 0. The van der Waals surface area contributed by atoms with Gasteiger partial charge in [-0.1, -0.05) is 26.0 Å². The number of aromatic nitrogens is 5. The van der Waals surface area contributed by atoms with E-state index >= 15 is 0 Å². The summed E-state index contributed by atoms with van der Waals surface area (Å²) in [5.74, 6) is 1.53. The fraction of sp³-hybridized carbons (Fsp3) is 0.600. The van der Waals surface area contributed by atoms with Gasteiger partial charge >= 0.3 is 0 Å². The molecule has 2 aromatic heterocycles. The fourth-order valence-corrected chi connectivity index (χ4v) is 1.27. The number of hydrogen-bond acceptors (Lipinski definition) is 6. The zero-order valence-corrected chi connectivity index (χ0v) is 10.4. The molecule has 0 bridgehead atoms. The molecule has 2 heterocycles. The molecule has 0 atom stereocenters. The topological polar surface area (TPSA) is 95.7 Å². The average Bonchev–Trinajstić information content (AvgIpc) is 2.80. The SMILES string of the molecule is Cc1c(N)nnn1Cc1nnc(C(C)(C)C)o1. The maximum Gasteiger partial charge on any atom is 0.238 e. The van der Waals surface area contributed by atoms with Crippen molar-refractivity contribution in [1.29, 1.82) is 0 Å². The van der Waals surface area contributed by atoms with Crippen molar-refractivity contribution in [2.75, 3.05) is 5.73 Å². The number of anilines is 1. The van der Waals surface area contributed by atoms with E-state index in [-0.39, 0.29) is 5.41 Å². The molecule has 0 radical (unpaired) electrons. The van der Waals surface area contributed by atoms with Crippen molar-refractivity contribution in [3.8, 4) is 0 Å². The van der Waals surface area contributed by atoms with E-state index in [9.17, 15) is 0 Å². The molecule has 0 fully saturated rings. The summed E-state index contributed by atoms with van der Waals surface area (Å²) in [5, 5.41) is 15.7. The molecule has 92 valence electrons. The van der Waals surface area contributed by atoms with Gasteiger partial charge in [0.1, 0.15) is 6.54 Å². The van der Waals surface area contributed by atoms with Gasteiger partial charge in [-0.05, 0) is 6.92 Å². The smallest absolute Gasteiger partial charge is 0.238 e. The van der Waals surface area contributed by atoms with Gasteiger partial charge in [0.25, 0.3) is 0 Å². The van der Waals surface area contributed by atoms with Crippen LogP contribution in [0.5, 0.6) is 0 Å². The molecule has 2 N–H and O–H groups in total. The normalized spacial score (nSPS) is 12.0. The monoisotopic (exact) mass is 236 g/mol. The number of hydrogen-bond donors (Lipinski definition) is 1. The molecule has 0 saturated heterocycles. The molecule has 0 saturated carbocycles. The highest BCUT2D eigenvalue weighted by Crippen LogP contribution is 2.20. The second-order valence-electron chi connectivity index (χ2n) is 4.97. The van der Waals surface area contributed by atoms with E-state index in [1.54, 1.807) is 4.68 Å². The third-order valence-corrected chi connectivity index (χ3v) is 2.41.